The van der Waals surface area contributed by atoms with Crippen LogP contribution < -0.4 is 21.3 Å². The van der Waals surface area contributed by atoms with Crippen molar-refractivity contribution in [2.45, 2.75) is 135 Å². The fraction of sp³-hybridized carbons (Fsp3) is 0.722. The molecule has 49 heavy (non-hydrogen) atoms. The zero-order valence-electron chi connectivity index (χ0n) is 29.3. The lowest BCUT2D eigenvalue weighted by Gasteiger charge is -2.39. The van der Waals surface area contributed by atoms with Crippen LogP contribution in [0.3, 0.4) is 0 Å². The van der Waals surface area contributed by atoms with Gasteiger partial charge in [0.05, 0.1) is 23.3 Å². The van der Waals surface area contributed by atoms with Gasteiger partial charge in [-0.25, -0.2) is 4.98 Å². The minimum absolute atomic E-state index is 0.0302. The molecule has 1 aromatic rings. The molecule has 1 aliphatic heterocycles. The molecule has 4 aliphatic rings. The van der Waals surface area contributed by atoms with Crippen LogP contribution in [0.5, 0.6) is 0 Å². The number of hydrogen-bond acceptors (Lipinski definition) is 8. The molecule has 6 unspecified atom stereocenters. The Bertz CT molecular complexity index is 1390. The Hall–Kier alpha value is -3.48. The van der Waals surface area contributed by atoms with Crippen molar-refractivity contribution >= 4 is 46.6 Å². The largest absolute Gasteiger partial charge is 0.366 e. The molecule has 5 rings (SSSR count). The normalized spacial score (nSPS) is 24.2. The number of Topliss-reactive ketones (excluding diaryl/α,β-unsaturated/α-hetero) is 1. The highest BCUT2D eigenvalue weighted by molar-refractivity contribution is 7.80. The van der Waals surface area contributed by atoms with E-state index in [2.05, 4.69) is 31.2 Å². The second kappa shape index (κ2) is 16.0. The minimum atomic E-state index is -0.952. The number of rotatable bonds is 13. The molecule has 268 valence electrons. The summed E-state index contributed by atoms with van der Waals surface area (Å²) >= 11 is 6.01. The number of thiocarbonyl (C=S) groups is 1. The summed E-state index contributed by atoms with van der Waals surface area (Å²) in [5.74, 6) is -2.07. The van der Waals surface area contributed by atoms with E-state index >= 15 is 0 Å². The van der Waals surface area contributed by atoms with E-state index < -0.39 is 41.3 Å². The van der Waals surface area contributed by atoms with Gasteiger partial charge in [0, 0.05) is 25.0 Å². The van der Waals surface area contributed by atoms with Gasteiger partial charge in [-0.2, -0.15) is 0 Å². The first-order valence-electron chi connectivity index (χ1n) is 18.2. The third kappa shape index (κ3) is 9.01. The van der Waals surface area contributed by atoms with Gasteiger partial charge in [-0.05, 0) is 68.1 Å². The summed E-state index contributed by atoms with van der Waals surface area (Å²) < 4.78 is 0. The molecule has 4 fully saturated rings. The van der Waals surface area contributed by atoms with E-state index in [0.29, 0.717) is 24.4 Å². The van der Waals surface area contributed by atoms with E-state index in [1.807, 2.05) is 27.7 Å². The molecule has 4 amide bonds. The highest BCUT2D eigenvalue weighted by Gasteiger charge is 2.52. The quantitative estimate of drug-likeness (QED) is 0.179. The molecule has 0 radical (unpaired) electrons. The molecule has 2 heterocycles. The van der Waals surface area contributed by atoms with Crippen molar-refractivity contribution in [3.63, 3.8) is 0 Å². The zero-order chi connectivity index (χ0) is 35.3. The minimum Gasteiger partial charge on any atom is -0.366 e. The van der Waals surface area contributed by atoms with Gasteiger partial charge in [0.2, 0.25) is 17.6 Å². The highest BCUT2D eigenvalue weighted by Crippen LogP contribution is 2.43. The summed E-state index contributed by atoms with van der Waals surface area (Å²) in [6.45, 7) is 8.22. The van der Waals surface area contributed by atoms with E-state index in [0.717, 1.165) is 64.2 Å². The topological polar surface area (TPSA) is 162 Å². The van der Waals surface area contributed by atoms with Crippen LogP contribution in [-0.4, -0.2) is 86.0 Å². The number of fused-ring (bicyclic) bond motifs is 1. The van der Waals surface area contributed by atoms with Crippen LogP contribution in [0.4, 0.5) is 0 Å². The number of amides is 4. The van der Waals surface area contributed by atoms with Crippen LogP contribution in [0, 0.1) is 23.2 Å². The lowest BCUT2D eigenvalue weighted by Crippen LogP contribution is -2.62. The molecule has 6 atom stereocenters. The van der Waals surface area contributed by atoms with Gasteiger partial charge in [0.15, 0.2) is 0 Å². The molecule has 4 N–H and O–H groups in total. The average Bonchev–Trinajstić information content (AvgIpc) is 3.65. The van der Waals surface area contributed by atoms with Crippen molar-refractivity contribution < 1.29 is 24.0 Å². The zero-order valence-corrected chi connectivity index (χ0v) is 30.2. The number of carbonyl (C=O) groups is 5. The summed E-state index contributed by atoms with van der Waals surface area (Å²) in [4.78, 5) is 78.1. The van der Waals surface area contributed by atoms with E-state index in [-0.39, 0.29) is 47.2 Å². The van der Waals surface area contributed by atoms with Gasteiger partial charge in [-0.1, -0.05) is 72.0 Å². The van der Waals surface area contributed by atoms with Gasteiger partial charge in [-0.15, -0.1) is 0 Å². The monoisotopic (exact) mass is 695 g/mol. The molecule has 0 aromatic carbocycles. The second-order valence-electron chi connectivity index (χ2n) is 15.5. The van der Waals surface area contributed by atoms with Gasteiger partial charge in [-0.3, -0.25) is 29.0 Å². The number of nitrogens with zero attached hydrogens (tertiary/aromatic N) is 3. The number of hydrogen-bond donors (Lipinski definition) is 4. The van der Waals surface area contributed by atoms with E-state index in [9.17, 15) is 24.0 Å². The average molecular weight is 696 g/mol. The van der Waals surface area contributed by atoms with Crippen LogP contribution in [0.25, 0.3) is 0 Å². The first kappa shape index (κ1) is 36.8. The SMILES string of the molecule is CCCC(NC(=O)C1C2CCCC2CN1C(=O)C(NC(=S)C(NC(=O)c1cnccn1)C1CCCCC1)C(C)(C)C)C(=O)C(=O)NC1CC1. The molecule has 3 aliphatic carbocycles. The van der Waals surface area contributed by atoms with Crippen LogP contribution in [-0.2, 0) is 19.2 Å². The molecule has 0 bridgehead atoms. The number of carbonyl (C=O) groups excluding carboxylic acids is 5. The van der Waals surface area contributed by atoms with Gasteiger partial charge in [0.25, 0.3) is 11.8 Å². The molecule has 0 spiro atoms. The van der Waals surface area contributed by atoms with E-state index in [4.69, 9.17) is 12.2 Å². The first-order valence-corrected chi connectivity index (χ1v) is 18.6. The smallest absolute Gasteiger partial charge is 0.289 e. The van der Waals surface area contributed by atoms with Crippen molar-refractivity contribution in [3.8, 4) is 0 Å². The van der Waals surface area contributed by atoms with Gasteiger partial charge in [0.1, 0.15) is 17.8 Å². The Morgan fingerprint density at radius 1 is 0.939 bits per heavy atom. The summed E-state index contributed by atoms with van der Waals surface area (Å²) in [6, 6.07) is -2.98. The van der Waals surface area contributed by atoms with Crippen LogP contribution in [0.2, 0.25) is 0 Å². The lowest BCUT2D eigenvalue weighted by molar-refractivity contribution is -0.144. The summed E-state index contributed by atoms with van der Waals surface area (Å²) in [5, 5.41) is 12.1. The number of likely N-dealkylation sites (tertiary alicyclic amines) is 1. The third-order valence-corrected chi connectivity index (χ3v) is 11.0. The number of nitrogens with one attached hydrogen (secondary N) is 4. The first-order chi connectivity index (χ1) is 23.4. The Kier molecular flexibility index (Phi) is 12.0. The molecule has 3 saturated carbocycles. The van der Waals surface area contributed by atoms with Crippen molar-refractivity contribution in [3.05, 3.63) is 24.3 Å². The molecular weight excluding hydrogens is 643 g/mol. The highest BCUT2D eigenvalue weighted by atomic mass is 32.1. The van der Waals surface area contributed by atoms with Crippen LogP contribution in [0.15, 0.2) is 18.6 Å². The van der Waals surface area contributed by atoms with Crippen molar-refractivity contribution in [2.24, 2.45) is 23.2 Å². The van der Waals surface area contributed by atoms with Crippen molar-refractivity contribution in [1.29, 1.82) is 0 Å². The predicted molar refractivity (Wildman–Crippen MR) is 188 cm³/mol. The maximum Gasteiger partial charge on any atom is 0.289 e. The summed E-state index contributed by atoms with van der Waals surface area (Å²) in [6.07, 6.45) is 14.7. The maximum absolute atomic E-state index is 14.7. The standard InChI is InChI=1S/C36H53N7O5S/c1-5-10-25(29(44)33(47)39-23-15-16-23)40-32(46)28-24-14-9-13-22(24)20-43(28)35(48)30(36(2,3)4)42-34(49)27(21-11-7-6-8-12-21)41-31(45)26-19-37-17-18-38-26/h17-19,21-25,27-28,30H,5-16,20H2,1-4H3,(H,39,47)(H,40,46)(H,41,45)(H,42,49). The van der Waals surface area contributed by atoms with Crippen molar-refractivity contribution in [1.82, 2.24) is 36.1 Å². The molecule has 13 heteroatoms. The third-order valence-electron chi connectivity index (χ3n) is 10.7. The fourth-order valence-electron chi connectivity index (χ4n) is 7.87. The Balaban J connectivity index is 1.36. The Morgan fingerprint density at radius 2 is 1.67 bits per heavy atom. The predicted octanol–water partition coefficient (Wildman–Crippen LogP) is 3.25. The fourth-order valence-corrected chi connectivity index (χ4v) is 8.24. The molecule has 1 saturated heterocycles. The van der Waals surface area contributed by atoms with Crippen molar-refractivity contribution in [2.75, 3.05) is 6.54 Å². The van der Waals surface area contributed by atoms with Crippen LogP contribution in [0.1, 0.15) is 115 Å². The van der Waals surface area contributed by atoms with E-state index in [1.165, 1.54) is 18.6 Å². The van der Waals surface area contributed by atoms with E-state index in [1.54, 1.807) is 4.90 Å². The second-order valence-corrected chi connectivity index (χ2v) is 15.9. The molecule has 1 aromatic heterocycles. The summed E-state index contributed by atoms with van der Waals surface area (Å²) in [5.41, 5.74) is -0.412. The van der Waals surface area contributed by atoms with Crippen LogP contribution >= 0.6 is 12.2 Å². The number of aromatic nitrogens is 2. The maximum atomic E-state index is 14.7. The lowest BCUT2D eigenvalue weighted by atomic mass is 9.82. The number of ketones is 1. The molecular formula is C36H53N7O5S. The van der Waals surface area contributed by atoms with Gasteiger partial charge < -0.3 is 26.2 Å². The Morgan fingerprint density at radius 3 is 2.31 bits per heavy atom. The molecule has 12 nitrogen and oxygen atoms in total. The Labute approximate surface area is 295 Å². The van der Waals surface area contributed by atoms with Gasteiger partial charge >= 0.3 is 0 Å². The summed E-state index contributed by atoms with van der Waals surface area (Å²) in [7, 11) is 0.